The van der Waals surface area contributed by atoms with Gasteiger partial charge in [-0.05, 0) is 24.1 Å². The summed E-state index contributed by atoms with van der Waals surface area (Å²) in [6, 6.07) is 6.07. The number of aliphatic hydroxyl groups excluding tert-OH is 1. The molecule has 104 valence electrons. The van der Waals surface area contributed by atoms with Crippen LogP contribution in [0.25, 0.3) is 0 Å². The number of nitro groups is 1. The lowest BCUT2D eigenvalue weighted by Gasteiger charge is -2.27. The van der Waals surface area contributed by atoms with Gasteiger partial charge in [0.2, 0.25) is 0 Å². The van der Waals surface area contributed by atoms with E-state index in [4.69, 9.17) is 4.74 Å². The van der Waals surface area contributed by atoms with Crippen molar-refractivity contribution < 1.29 is 14.8 Å². The predicted molar refractivity (Wildman–Crippen MR) is 69.9 cm³/mol. The molecule has 1 N–H and O–H groups in total. The Labute approximate surface area is 111 Å². The van der Waals surface area contributed by atoms with Gasteiger partial charge in [-0.25, -0.2) is 0 Å². The van der Waals surface area contributed by atoms with Crippen molar-refractivity contribution in [3.8, 4) is 0 Å². The minimum absolute atomic E-state index is 0.0455. The van der Waals surface area contributed by atoms with Crippen LogP contribution in [0.15, 0.2) is 24.3 Å². The number of aliphatic hydroxyl groups is 1. The molecule has 0 saturated carbocycles. The second-order valence-electron chi connectivity index (χ2n) is 4.61. The number of nitro benzene ring substituents is 1. The third-order valence-corrected chi connectivity index (χ3v) is 3.31. The quantitative estimate of drug-likeness (QED) is 0.643. The van der Waals surface area contributed by atoms with Crippen molar-refractivity contribution >= 4 is 5.69 Å². The highest BCUT2D eigenvalue weighted by Crippen LogP contribution is 2.20. The summed E-state index contributed by atoms with van der Waals surface area (Å²) in [5.74, 6) is 0. The van der Waals surface area contributed by atoms with Crippen molar-refractivity contribution in [2.24, 2.45) is 0 Å². The Kier molecular flexibility index (Phi) is 4.84. The molecule has 19 heavy (non-hydrogen) atoms. The summed E-state index contributed by atoms with van der Waals surface area (Å²) in [5, 5.41) is 20.6. The van der Waals surface area contributed by atoms with E-state index in [1.54, 1.807) is 12.1 Å². The molecule has 1 aromatic carbocycles. The molecule has 6 heteroatoms. The number of hydrogen-bond acceptors (Lipinski definition) is 5. The van der Waals surface area contributed by atoms with Crippen molar-refractivity contribution in [1.29, 1.82) is 0 Å². The predicted octanol–water partition coefficient (Wildman–Crippen LogP) is 1.35. The summed E-state index contributed by atoms with van der Waals surface area (Å²) in [6.45, 7) is 4.09. The molecule has 1 fully saturated rings. The van der Waals surface area contributed by atoms with Crippen molar-refractivity contribution in [3.63, 3.8) is 0 Å². The van der Waals surface area contributed by atoms with E-state index < -0.39 is 11.0 Å². The highest BCUT2D eigenvalue weighted by molar-refractivity contribution is 5.33. The molecule has 0 aromatic heterocycles. The monoisotopic (exact) mass is 266 g/mol. The first kappa shape index (κ1) is 13.9. The van der Waals surface area contributed by atoms with E-state index >= 15 is 0 Å². The van der Waals surface area contributed by atoms with Crippen LogP contribution in [0, 0.1) is 10.1 Å². The molecule has 1 aliphatic heterocycles. The largest absolute Gasteiger partial charge is 0.388 e. The first-order chi connectivity index (χ1) is 9.16. The molecule has 6 nitrogen and oxygen atoms in total. The van der Waals surface area contributed by atoms with Crippen LogP contribution in [-0.4, -0.2) is 47.8 Å². The van der Waals surface area contributed by atoms with Crippen LogP contribution in [-0.2, 0) is 4.74 Å². The van der Waals surface area contributed by atoms with Crippen molar-refractivity contribution in [3.05, 3.63) is 39.9 Å². The number of non-ortho nitro benzene ring substituents is 1. The van der Waals surface area contributed by atoms with Crippen LogP contribution in [0.3, 0.4) is 0 Å². The Morgan fingerprint density at radius 3 is 2.53 bits per heavy atom. The first-order valence-electron chi connectivity index (χ1n) is 6.39. The molecular weight excluding hydrogens is 248 g/mol. The fourth-order valence-electron chi connectivity index (χ4n) is 2.11. The molecule has 1 heterocycles. The molecule has 2 rings (SSSR count). The summed E-state index contributed by atoms with van der Waals surface area (Å²) >= 11 is 0. The van der Waals surface area contributed by atoms with Gasteiger partial charge in [0.05, 0.1) is 24.2 Å². The van der Waals surface area contributed by atoms with Gasteiger partial charge in [-0.1, -0.05) is 0 Å². The number of rotatable bonds is 5. The summed E-state index contributed by atoms with van der Waals surface area (Å²) in [4.78, 5) is 12.3. The maximum absolute atomic E-state index is 10.5. The average molecular weight is 266 g/mol. The Bertz CT molecular complexity index is 415. The normalized spacial score (nSPS) is 18.2. The van der Waals surface area contributed by atoms with Gasteiger partial charge in [-0.3, -0.25) is 15.0 Å². The molecule has 0 amide bonds. The molecule has 0 radical (unpaired) electrons. The molecular formula is C13H18N2O4. The van der Waals surface area contributed by atoms with E-state index in [2.05, 4.69) is 4.90 Å². The van der Waals surface area contributed by atoms with Crippen LogP contribution < -0.4 is 0 Å². The summed E-state index contributed by atoms with van der Waals surface area (Å²) in [5.41, 5.74) is 0.767. The molecule has 0 unspecified atom stereocenters. The van der Waals surface area contributed by atoms with E-state index in [0.717, 1.165) is 38.4 Å². The van der Waals surface area contributed by atoms with E-state index in [1.165, 1.54) is 12.1 Å². The Balaban J connectivity index is 1.84. The Morgan fingerprint density at radius 1 is 1.32 bits per heavy atom. The topological polar surface area (TPSA) is 75.8 Å². The van der Waals surface area contributed by atoms with Gasteiger partial charge in [0.1, 0.15) is 0 Å². The molecule has 0 bridgehead atoms. The van der Waals surface area contributed by atoms with Gasteiger partial charge in [0.25, 0.3) is 5.69 Å². The summed E-state index contributed by atoms with van der Waals surface area (Å²) in [7, 11) is 0. The lowest BCUT2D eigenvalue weighted by atomic mass is 10.1. The highest BCUT2D eigenvalue weighted by Gasteiger charge is 2.14. The van der Waals surface area contributed by atoms with Gasteiger partial charge in [-0.2, -0.15) is 0 Å². The lowest BCUT2D eigenvalue weighted by Crippen LogP contribution is -2.37. The zero-order valence-electron chi connectivity index (χ0n) is 10.7. The summed E-state index contributed by atoms with van der Waals surface area (Å²) < 4.78 is 5.26. The zero-order valence-corrected chi connectivity index (χ0v) is 10.7. The molecule has 0 spiro atoms. The van der Waals surface area contributed by atoms with Gasteiger partial charge < -0.3 is 9.84 Å². The maximum Gasteiger partial charge on any atom is 0.269 e. The second kappa shape index (κ2) is 6.60. The molecule has 1 atom stereocenters. The lowest BCUT2D eigenvalue weighted by molar-refractivity contribution is -0.384. The van der Waals surface area contributed by atoms with Crippen LogP contribution in [0.5, 0.6) is 0 Å². The number of ether oxygens (including phenoxy) is 1. The standard InChI is InChI=1S/C13H18N2O4/c16-13(5-6-14-7-9-19-10-8-14)11-1-3-12(4-2-11)15(17)18/h1-4,13,16H,5-10H2/t13-/m1/s1. The number of nitrogens with zero attached hydrogens (tertiary/aromatic N) is 2. The minimum Gasteiger partial charge on any atom is -0.388 e. The van der Waals surface area contributed by atoms with E-state index in [0.29, 0.717) is 6.42 Å². The van der Waals surface area contributed by atoms with Crippen LogP contribution in [0.2, 0.25) is 0 Å². The number of benzene rings is 1. The van der Waals surface area contributed by atoms with Crippen LogP contribution in [0.1, 0.15) is 18.1 Å². The molecule has 0 aliphatic carbocycles. The van der Waals surface area contributed by atoms with Crippen molar-refractivity contribution in [2.75, 3.05) is 32.8 Å². The Morgan fingerprint density at radius 2 is 1.95 bits per heavy atom. The smallest absolute Gasteiger partial charge is 0.269 e. The fraction of sp³-hybridized carbons (Fsp3) is 0.538. The molecule has 1 saturated heterocycles. The first-order valence-corrected chi connectivity index (χ1v) is 6.39. The van der Waals surface area contributed by atoms with Crippen molar-refractivity contribution in [2.45, 2.75) is 12.5 Å². The van der Waals surface area contributed by atoms with Crippen LogP contribution >= 0.6 is 0 Å². The van der Waals surface area contributed by atoms with E-state index in [1.807, 2.05) is 0 Å². The minimum atomic E-state index is -0.580. The Hall–Kier alpha value is -1.50. The maximum atomic E-state index is 10.5. The zero-order chi connectivity index (χ0) is 13.7. The average Bonchev–Trinajstić information content (AvgIpc) is 2.46. The van der Waals surface area contributed by atoms with Gasteiger partial charge in [-0.15, -0.1) is 0 Å². The third-order valence-electron chi connectivity index (χ3n) is 3.31. The fourth-order valence-corrected chi connectivity index (χ4v) is 2.11. The SMILES string of the molecule is O=[N+]([O-])c1ccc([C@H](O)CCN2CCOCC2)cc1. The van der Waals surface area contributed by atoms with Gasteiger partial charge >= 0.3 is 0 Å². The van der Waals surface area contributed by atoms with E-state index in [-0.39, 0.29) is 5.69 Å². The van der Waals surface area contributed by atoms with E-state index in [9.17, 15) is 15.2 Å². The van der Waals surface area contributed by atoms with Gasteiger partial charge in [0.15, 0.2) is 0 Å². The highest BCUT2D eigenvalue weighted by atomic mass is 16.6. The number of hydrogen-bond donors (Lipinski definition) is 1. The molecule has 1 aliphatic rings. The van der Waals surface area contributed by atoms with Crippen LogP contribution in [0.4, 0.5) is 5.69 Å². The molecule has 1 aromatic rings. The second-order valence-corrected chi connectivity index (χ2v) is 4.61. The van der Waals surface area contributed by atoms with Crippen molar-refractivity contribution in [1.82, 2.24) is 4.90 Å². The summed E-state index contributed by atoms with van der Waals surface area (Å²) in [6.07, 6.45) is 0.0429. The third kappa shape index (κ3) is 3.99. The van der Waals surface area contributed by atoms with Gasteiger partial charge in [0, 0.05) is 31.8 Å². The number of morpholine rings is 1.